The molecular formula is C11H16ClNO. The Labute approximate surface area is 89.4 Å². The van der Waals surface area contributed by atoms with Gasteiger partial charge < -0.3 is 10.2 Å². The van der Waals surface area contributed by atoms with Crippen molar-refractivity contribution in [1.29, 1.82) is 0 Å². The Morgan fingerprint density at radius 3 is 2.36 bits per heavy atom. The molecule has 78 valence electrons. The van der Waals surface area contributed by atoms with E-state index in [9.17, 15) is 0 Å². The van der Waals surface area contributed by atoms with Crippen molar-refractivity contribution in [2.45, 2.75) is 26.2 Å². The summed E-state index contributed by atoms with van der Waals surface area (Å²) in [4.78, 5) is 0. The molecule has 2 heterocycles. The first-order valence-electron chi connectivity index (χ1n) is 4.95. The summed E-state index contributed by atoms with van der Waals surface area (Å²) < 4.78 is 5.08. The smallest absolute Gasteiger partial charge is 0.146 e. The first kappa shape index (κ1) is 11.3. The third kappa shape index (κ3) is 3.20. The molecule has 0 fully saturated rings. The predicted octanol–water partition coefficient (Wildman–Crippen LogP) is 3.66. The molecule has 2 nitrogen and oxygen atoms in total. The van der Waals surface area contributed by atoms with Crippen molar-refractivity contribution in [3.05, 3.63) is 23.2 Å². The summed E-state index contributed by atoms with van der Waals surface area (Å²) in [6.45, 7) is 3.03. The third-order valence-electron chi connectivity index (χ3n) is 1.94. The number of unbranched alkanes of at least 4 members (excludes halogenated alkanes) is 2. The number of nitrogens with two attached hydrogens (primary N) is 1. The first-order chi connectivity index (χ1) is 6.77. The molecule has 0 amide bonds. The SMILES string of the molecule is CCCCCN.Clc1cc2ccc1o2. The summed E-state index contributed by atoms with van der Waals surface area (Å²) in [5.41, 5.74) is 6.85. The topological polar surface area (TPSA) is 39.2 Å². The zero-order valence-electron chi connectivity index (χ0n) is 8.42. The molecule has 3 heteroatoms. The Hall–Kier alpha value is -0.730. The van der Waals surface area contributed by atoms with Crippen LogP contribution in [0, 0.1) is 0 Å². The molecule has 0 unspecified atom stereocenters. The van der Waals surface area contributed by atoms with Crippen molar-refractivity contribution in [3.8, 4) is 0 Å². The second-order valence-electron chi connectivity index (χ2n) is 3.19. The van der Waals surface area contributed by atoms with Gasteiger partial charge in [0.25, 0.3) is 0 Å². The highest BCUT2D eigenvalue weighted by Crippen LogP contribution is 2.25. The Kier molecular flexibility index (Phi) is 4.77. The standard InChI is InChI=1S/C6H3ClO.C5H13N/c7-5-3-4-1-2-6(5)8-4;1-2-3-4-5-6/h1-3H;2-6H2,1H3. The van der Waals surface area contributed by atoms with Crippen LogP contribution in [0.2, 0.25) is 5.02 Å². The molecule has 0 aliphatic heterocycles. The normalized spacial score (nSPS) is 10.2. The van der Waals surface area contributed by atoms with Gasteiger partial charge in [-0.25, -0.2) is 0 Å². The van der Waals surface area contributed by atoms with E-state index in [1.54, 1.807) is 6.07 Å². The number of fused-ring (bicyclic) bond motifs is 2. The molecule has 2 aromatic heterocycles. The average molecular weight is 214 g/mol. The maximum Gasteiger partial charge on any atom is 0.146 e. The molecule has 0 aliphatic carbocycles. The fourth-order valence-corrected chi connectivity index (χ4v) is 1.36. The van der Waals surface area contributed by atoms with E-state index in [1.807, 2.05) is 12.1 Å². The molecule has 2 rings (SSSR count). The number of hydrogen-bond donors (Lipinski definition) is 1. The van der Waals surface area contributed by atoms with Crippen LogP contribution >= 0.6 is 11.6 Å². The van der Waals surface area contributed by atoms with Crippen molar-refractivity contribution in [2.24, 2.45) is 5.73 Å². The van der Waals surface area contributed by atoms with E-state index >= 15 is 0 Å². The van der Waals surface area contributed by atoms with Crippen molar-refractivity contribution in [3.63, 3.8) is 0 Å². The number of halogens is 1. The first-order valence-corrected chi connectivity index (χ1v) is 5.33. The Morgan fingerprint density at radius 1 is 1.36 bits per heavy atom. The summed E-state index contributed by atoms with van der Waals surface area (Å²) >= 11 is 5.64. The quantitative estimate of drug-likeness (QED) is 0.791. The van der Waals surface area contributed by atoms with Gasteiger partial charge in [-0.05, 0) is 25.1 Å². The maximum atomic E-state index is 5.64. The van der Waals surface area contributed by atoms with Gasteiger partial charge in [-0.1, -0.05) is 31.4 Å². The van der Waals surface area contributed by atoms with Crippen LogP contribution in [0.15, 0.2) is 22.6 Å². The van der Waals surface area contributed by atoms with Gasteiger partial charge in [-0.3, -0.25) is 0 Å². The number of hydrogen-bond acceptors (Lipinski definition) is 2. The van der Waals surface area contributed by atoms with E-state index < -0.39 is 0 Å². The van der Waals surface area contributed by atoms with Crippen molar-refractivity contribution in [1.82, 2.24) is 0 Å². The molecule has 2 aromatic rings. The van der Waals surface area contributed by atoms with Crippen molar-refractivity contribution >= 4 is 22.8 Å². The van der Waals surface area contributed by atoms with Crippen LogP contribution in [-0.2, 0) is 0 Å². The van der Waals surface area contributed by atoms with Crippen molar-refractivity contribution in [2.75, 3.05) is 6.54 Å². The largest absolute Gasteiger partial charge is 0.456 e. The van der Waals surface area contributed by atoms with Crippen LogP contribution in [0.4, 0.5) is 0 Å². The van der Waals surface area contributed by atoms with Crippen LogP contribution < -0.4 is 5.73 Å². The lowest BCUT2D eigenvalue weighted by Gasteiger charge is -1.86. The fraction of sp³-hybridized carbons (Fsp3) is 0.455. The van der Waals surface area contributed by atoms with E-state index in [0.29, 0.717) is 5.02 Å². The second-order valence-corrected chi connectivity index (χ2v) is 3.60. The minimum absolute atomic E-state index is 0.711. The second kappa shape index (κ2) is 5.89. The lowest BCUT2D eigenvalue weighted by Crippen LogP contribution is -1.96. The zero-order valence-corrected chi connectivity index (χ0v) is 9.18. The minimum Gasteiger partial charge on any atom is -0.456 e. The van der Waals surface area contributed by atoms with Gasteiger partial charge in [-0.15, -0.1) is 0 Å². The van der Waals surface area contributed by atoms with E-state index in [2.05, 4.69) is 6.92 Å². The van der Waals surface area contributed by atoms with Crippen LogP contribution in [0.25, 0.3) is 11.2 Å². The molecule has 0 aromatic carbocycles. The van der Waals surface area contributed by atoms with Crippen LogP contribution in [0.5, 0.6) is 0 Å². The lowest BCUT2D eigenvalue weighted by atomic mass is 10.3. The maximum absolute atomic E-state index is 5.64. The summed E-state index contributed by atoms with van der Waals surface area (Å²) in [5, 5.41) is 0.711. The number of furan rings is 2. The zero-order chi connectivity index (χ0) is 10.4. The molecule has 2 N–H and O–H groups in total. The highest BCUT2D eigenvalue weighted by molar-refractivity contribution is 6.34. The molecular weight excluding hydrogens is 198 g/mol. The summed E-state index contributed by atoms with van der Waals surface area (Å²) in [6, 6.07) is 5.55. The highest BCUT2D eigenvalue weighted by atomic mass is 35.5. The summed E-state index contributed by atoms with van der Waals surface area (Å²) in [6.07, 6.45) is 3.75. The minimum atomic E-state index is 0.711. The van der Waals surface area contributed by atoms with Crippen LogP contribution in [0.1, 0.15) is 26.2 Å². The van der Waals surface area contributed by atoms with Crippen molar-refractivity contribution < 1.29 is 4.42 Å². The molecule has 0 aliphatic rings. The molecule has 0 radical (unpaired) electrons. The monoisotopic (exact) mass is 213 g/mol. The Morgan fingerprint density at radius 2 is 2.14 bits per heavy atom. The Bertz CT molecular complexity index is 341. The van der Waals surface area contributed by atoms with Gasteiger partial charge in [0.05, 0.1) is 5.02 Å². The number of rotatable bonds is 3. The summed E-state index contributed by atoms with van der Waals surface area (Å²) in [5.74, 6) is 0. The lowest BCUT2D eigenvalue weighted by molar-refractivity contribution is 0.675. The van der Waals surface area contributed by atoms with Gasteiger partial charge in [0.1, 0.15) is 11.2 Å². The fourth-order valence-electron chi connectivity index (χ4n) is 1.15. The number of benzene rings is 1. The molecule has 0 atom stereocenters. The van der Waals surface area contributed by atoms with Gasteiger partial charge in [0.2, 0.25) is 0 Å². The van der Waals surface area contributed by atoms with Gasteiger partial charge in [0, 0.05) is 6.07 Å². The van der Waals surface area contributed by atoms with Gasteiger partial charge >= 0.3 is 0 Å². The third-order valence-corrected chi connectivity index (χ3v) is 2.23. The molecule has 0 saturated heterocycles. The average Bonchev–Trinajstić information content (AvgIpc) is 2.76. The van der Waals surface area contributed by atoms with Gasteiger partial charge in [0.15, 0.2) is 0 Å². The summed E-state index contributed by atoms with van der Waals surface area (Å²) in [7, 11) is 0. The van der Waals surface area contributed by atoms with Crippen LogP contribution in [-0.4, -0.2) is 6.54 Å². The highest BCUT2D eigenvalue weighted by Gasteiger charge is 2.01. The molecule has 2 bridgehead atoms. The van der Waals surface area contributed by atoms with E-state index in [4.69, 9.17) is 21.8 Å². The Balaban J connectivity index is 0.000000149. The molecule has 14 heavy (non-hydrogen) atoms. The van der Waals surface area contributed by atoms with E-state index in [1.165, 1.54) is 19.3 Å². The molecule has 0 spiro atoms. The van der Waals surface area contributed by atoms with Crippen LogP contribution in [0.3, 0.4) is 0 Å². The van der Waals surface area contributed by atoms with Gasteiger partial charge in [-0.2, -0.15) is 0 Å². The predicted molar refractivity (Wildman–Crippen MR) is 61.0 cm³/mol. The van der Waals surface area contributed by atoms with E-state index in [0.717, 1.165) is 17.7 Å². The van der Waals surface area contributed by atoms with E-state index in [-0.39, 0.29) is 0 Å². The molecule has 0 saturated carbocycles.